The second kappa shape index (κ2) is 6.94. The van der Waals surface area contributed by atoms with Gasteiger partial charge in [-0.3, -0.25) is 0 Å². The Morgan fingerprint density at radius 1 is 1.04 bits per heavy atom. The van der Waals surface area contributed by atoms with Gasteiger partial charge < -0.3 is 0 Å². The SMILES string of the molecule is CC(C)c1cc(-n2cc(CC(C)c3ncc(C4CC4)cn3)cn2)ncn1. The molecule has 1 unspecified atom stereocenters. The molecule has 1 saturated carbocycles. The van der Waals surface area contributed by atoms with Crippen LogP contribution in [0.15, 0.2) is 37.2 Å². The zero-order chi connectivity index (χ0) is 18.1. The van der Waals surface area contributed by atoms with Gasteiger partial charge in [-0.1, -0.05) is 20.8 Å². The highest BCUT2D eigenvalue weighted by molar-refractivity contribution is 5.26. The van der Waals surface area contributed by atoms with Crippen molar-refractivity contribution < 1.29 is 0 Å². The van der Waals surface area contributed by atoms with Crippen molar-refractivity contribution in [1.29, 1.82) is 0 Å². The van der Waals surface area contributed by atoms with E-state index < -0.39 is 0 Å². The fourth-order valence-electron chi connectivity index (χ4n) is 3.07. The van der Waals surface area contributed by atoms with Crippen LogP contribution in [0.4, 0.5) is 0 Å². The highest BCUT2D eigenvalue weighted by atomic mass is 15.3. The summed E-state index contributed by atoms with van der Waals surface area (Å²) in [6, 6.07) is 1.99. The van der Waals surface area contributed by atoms with E-state index in [0.29, 0.717) is 11.8 Å². The standard InChI is InChI=1S/C20H24N6/c1-13(2)18-7-19(24-12-23-18)26-11-15(8-25-26)6-14(3)20-21-9-17(10-22-20)16-4-5-16/h7-14,16H,4-6H2,1-3H3. The maximum atomic E-state index is 4.57. The van der Waals surface area contributed by atoms with Crippen LogP contribution in [0.1, 0.15) is 74.0 Å². The van der Waals surface area contributed by atoms with Gasteiger partial charge >= 0.3 is 0 Å². The summed E-state index contributed by atoms with van der Waals surface area (Å²) in [5.74, 6) is 3.00. The summed E-state index contributed by atoms with van der Waals surface area (Å²) >= 11 is 0. The van der Waals surface area contributed by atoms with E-state index in [2.05, 4.69) is 45.8 Å². The first-order valence-electron chi connectivity index (χ1n) is 9.28. The number of hydrogen-bond donors (Lipinski definition) is 0. The minimum absolute atomic E-state index is 0.248. The van der Waals surface area contributed by atoms with Gasteiger partial charge in [0.1, 0.15) is 12.2 Å². The monoisotopic (exact) mass is 348 g/mol. The summed E-state index contributed by atoms with van der Waals surface area (Å²) in [4.78, 5) is 17.8. The van der Waals surface area contributed by atoms with Gasteiger partial charge in [-0.25, -0.2) is 24.6 Å². The lowest BCUT2D eigenvalue weighted by Crippen LogP contribution is -2.04. The molecule has 0 bridgehead atoms. The highest BCUT2D eigenvalue weighted by Gasteiger charge is 2.24. The fraction of sp³-hybridized carbons (Fsp3) is 0.450. The Kier molecular flexibility index (Phi) is 4.49. The van der Waals surface area contributed by atoms with E-state index >= 15 is 0 Å². The van der Waals surface area contributed by atoms with Gasteiger partial charge in [-0.2, -0.15) is 5.10 Å². The molecule has 1 aliphatic carbocycles. The first-order chi connectivity index (χ1) is 12.6. The Morgan fingerprint density at radius 3 is 2.50 bits per heavy atom. The molecule has 0 radical (unpaired) electrons. The summed E-state index contributed by atoms with van der Waals surface area (Å²) in [7, 11) is 0. The Labute approximate surface area is 153 Å². The number of aromatic nitrogens is 6. The molecule has 1 aliphatic rings. The average Bonchev–Trinajstić information content (AvgIpc) is 3.41. The minimum atomic E-state index is 0.248. The number of nitrogens with zero attached hydrogens (tertiary/aromatic N) is 6. The van der Waals surface area contributed by atoms with Gasteiger partial charge in [0.15, 0.2) is 5.82 Å². The number of rotatable bonds is 6. The zero-order valence-corrected chi connectivity index (χ0v) is 15.5. The molecule has 26 heavy (non-hydrogen) atoms. The topological polar surface area (TPSA) is 69.4 Å². The van der Waals surface area contributed by atoms with Crippen LogP contribution in [0.5, 0.6) is 0 Å². The lowest BCUT2D eigenvalue weighted by molar-refractivity contribution is 0.694. The molecular weight excluding hydrogens is 324 g/mol. The predicted octanol–water partition coefficient (Wildman–Crippen LogP) is 3.80. The molecule has 1 atom stereocenters. The molecule has 4 rings (SSSR count). The quantitative estimate of drug-likeness (QED) is 0.678. The van der Waals surface area contributed by atoms with Crippen molar-refractivity contribution in [1.82, 2.24) is 29.7 Å². The molecule has 0 aliphatic heterocycles. The maximum absolute atomic E-state index is 4.57. The average molecular weight is 348 g/mol. The second-order valence-corrected chi connectivity index (χ2v) is 7.50. The van der Waals surface area contributed by atoms with Crippen molar-refractivity contribution in [2.75, 3.05) is 0 Å². The summed E-state index contributed by atoms with van der Waals surface area (Å²) in [6.45, 7) is 6.40. The highest BCUT2D eigenvalue weighted by Crippen LogP contribution is 2.39. The minimum Gasteiger partial charge on any atom is -0.241 e. The summed E-state index contributed by atoms with van der Waals surface area (Å²) in [6.07, 6.45) is 12.9. The third kappa shape index (κ3) is 3.64. The molecule has 1 fully saturated rings. The van der Waals surface area contributed by atoms with E-state index in [1.54, 1.807) is 6.33 Å². The maximum Gasteiger partial charge on any atom is 0.156 e. The Bertz CT molecular complexity index is 879. The zero-order valence-electron chi connectivity index (χ0n) is 15.5. The second-order valence-electron chi connectivity index (χ2n) is 7.50. The smallest absolute Gasteiger partial charge is 0.156 e. The normalized spacial score (nSPS) is 15.4. The molecule has 0 N–H and O–H groups in total. The van der Waals surface area contributed by atoms with Crippen LogP contribution in [-0.2, 0) is 6.42 Å². The molecule has 3 aromatic heterocycles. The first-order valence-corrected chi connectivity index (χ1v) is 9.28. The van der Waals surface area contributed by atoms with Crippen molar-refractivity contribution in [2.45, 2.75) is 57.8 Å². The van der Waals surface area contributed by atoms with Crippen LogP contribution in [0.25, 0.3) is 5.82 Å². The van der Waals surface area contributed by atoms with Gasteiger partial charge in [0, 0.05) is 36.3 Å². The van der Waals surface area contributed by atoms with Crippen LogP contribution >= 0.6 is 0 Å². The van der Waals surface area contributed by atoms with Gasteiger partial charge in [0.25, 0.3) is 0 Å². The molecule has 6 heteroatoms. The lowest BCUT2D eigenvalue weighted by Gasteiger charge is -2.09. The Morgan fingerprint density at radius 2 is 1.81 bits per heavy atom. The van der Waals surface area contributed by atoms with Crippen molar-refractivity contribution in [2.24, 2.45) is 0 Å². The van der Waals surface area contributed by atoms with Crippen molar-refractivity contribution in [3.05, 3.63) is 59.8 Å². The molecule has 134 valence electrons. The Balaban J connectivity index is 1.46. The molecule has 3 heterocycles. The predicted molar refractivity (Wildman–Crippen MR) is 99.4 cm³/mol. The van der Waals surface area contributed by atoms with E-state index in [-0.39, 0.29) is 5.92 Å². The van der Waals surface area contributed by atoms with Crippen LogP contribution < -0.4 is 0 Å². The van der Waals surface area contributed by atoms with Crippen LogP contribution in [0, 0.1) is 0 Å². The lowest BCUT2D eigenvalue weighted by atomic mass is 10.0. The van der Waals surface area contributed by atoms with Gasteiger partial charge in [-0.05, 0) is 42.2 Å². The molecule has 0 saturated heterocycles. The van der Waals surface area contributed by atoms with Crippen LogP contribution in [0.2, 0.25) is 0 Å². The van der Waals surface area contributed by atoms with E-state index in [1.807, 2.05) is 35.5 Å². The van der Waals surface area contributed by atoms with Gasteiger partial charge in [-0.15, -0.1) is 0 Å². The fourth-order valence-corrected chi connectivity index (χ4v) is 3.07. The molecule has 3 aromatic rings. The summed E-state index contributed by atoms with van der Waals surface area (Å²) in [5, 5.41) is 4.46. The summed E-state index contributed by atoms with van der Waals surface area (Å²) in [5.41, 5.74) is 3.44. The van der Waals surface area contributed by atoms with Crippen molar-refractivity contribution in [3.8, 4) is 5.82 Å². The number of hydrogen-bond acceptors (Lipinski definition) is 5. The molecule has 0 amide bonds. The van der Waals surface area contributed by atoms with Crippen LogP contribution in [-0.4, -0.2) is 29.7 Å². The van der Waals surface area contributed by atoms with Crippen LogP contribution in [0.3, 0.4) is 0 Å². The molecule has 0 spiro atoms. The van der Waals surface area contributed by atoms with Crippen molar-refractivity contribution >= 4 is 0 Å². The van der Waals surface area contributed by atoms with Crippen molar-refractivity contribution in [3.63, 3.8) is 0 Å². The molecule has 6 nitrogen and oxygen atoms in total. The van der Waals surface area contributed by atoms with E-state index in [4.69, 9.17) is 0 Å². The largest absolute Gasteiger partial charge is 0.241 e. The van der Waals surface area contributed by atoms with E-state index in [0.717, 1.165) is 29.3 Å². The van der Waals surface area contributed by atoms with Gasteiger partial charge in [0.05, 0.1) is 6.20 Å². The summed E-state index contributed by atoms with van der Waals surface area (Å²) < 4.78 is 1.81. The third-order valence-corrected chi connectivity index (χ3v) is 4.86. The first kappa shape index (κ1) is 16.8. The molecule has 0 aromatic carbocycles. The third-order valence-electron chi connectivity index (χ3n) is 4.86. The Hall–Kier alpha value is -2.63. The van der Waals surface area contributed by atoms with E-state index in [9.17, 15) is 0 Å². The van der Waals surface area contributed by atoms with E-state index in [1.165, 1.54) is 18.4 Å². The molecular formula is C20H24N6. The van der Waals surface area contributed by atoms with Gasteiger partial charge in [0.2, 0.25) is 0 Å².